The molecule has 2 amide bonds. The second-order valence-electron chi connectivity index (χ2n) is 5.88. The summed E-state index contributed by atoms with van der Waals surface area (Å²) in [4.78, 5) is 23.9. The number of hydrogen-bond acceptors (Lipinski definition) is 6. The Morgan fingerprint density at radius 2 is 1.88 bits per heavy atom. The molecule has 2 N–H and O–H groups in total. The third kappa shape index (κ3) is 3.85. The van der Waals surface area contributed by atoms with E-state index >= 15 is 0 Å². The molecule has 0 aliphatic carbocycles. The second kappa shape index (κ2) is 7.71. The topological polar surface area (TPSA) is 95.1 Å². The SMILES string of the molecule is CCNC(=O)O[C@H]1CO[C@@H]2[C@@H]1OC[C@@H]2NC(=O)c1ccc(OC)cc1. The Hall–Kier alpha value is -2.32. The zero-order chi connectivity index (χ0) is 17.8. The molecule has 25 heavy (non-hydrogen) atoms. The highest BCUT2D eigenvalue weighted by molar-refractivity contribution is 5.94. The van der Waals surface area contributed by atoms with Crippen LogP contribution in [0.3, 0.4) is 0 Å². The van der Waals surface area contributed by atoms with Gasteiger partial charge in [-0.1, -0.05) is 0 Å². The Morgan fingerprint density at radius 1 is 1.16 bits per heavy atom. The first-order valence-electron chi connectivity index (χ1n) is 8.25. The molecular formula is C17H22N2O6. The van der Waals surface area contributed by atoms with Crippen LogP contribution in [0.25, 0.3) is 0 Å². The molecule has 2 aliphatic rings. The second-order valence-corrected chi connectivity index (χ2v) is 5.88. The van der Waals surface area contributed by atoms with Crippen LogP contribution in [-0.2, 0) is 14.2 Å². The molecule has 0 spiro atoms. The molecule has 2 fully saturated rings. The number of methoxy groups -OCH3 is 1. The number of alkyl carbamates (subject to hydrolysis) is 1. The van der Waals surface area contributed by atoms with Crippen LogP contribution in [0.5, 0.6) is 5.75 Å². The van der Waals surface area contributed by atoms with Crippen LogP contribution in [-0.4, -0.2) is 63.2 Å². The standard InChI is InChI=1S/C17H22N2O6/c1-3-18-17(21)25-13-9-24-14-12(8-23-15(13)14)19-16(20)10-4-6-11(22-2)7-5-10/h4-7,12-15H,3,8-9H2,1-2H3,(H,18,21)(H,19,20)/t12-,13-,14-,15+/m0/s1. The quantitative estimate of drug-likeness (QED) is 0.812. The van der Waals surface area contributed by atoms with Crippen molar-refractivity contribution in [3.63, 3.8) is 0 Å². The van der Waals surface area contributed by atoms with Gasteiger partial charge in [0.25, 0.3) is 5.91 Å². The molecule has 1 aromatic rings. The van der Waals surface area contributed by atoms with E-state index in [2.05, 4.69) is 10.6 Å². The molecule has 136 valence electrons. The fourth-order valence-corrected chi connectivity index (χ4v) is 3.01. The maximum atomic E-state index is 12.4. The van der Waals surface area contributed by atoms with Crippen molar-refractivity contribution in [2.75, 3.05) is 26.9 Å². The molecule has 2 aliphatic heterocycles. The molecule has 0 saturated carbocycles. The van der Waals surface area contributed by atoms with Crippen LogP contribution < -0.4 is 15.4 Å². The van der Waals surface area contributed by atoms with Gasteiger partial charge in [0, 0.05) is 12.1 Å². The number of carbonyl (C=O) groups excluding carboxylic acids is 2. The van der Waals surface area contributed by atoms with E-state index in [1.165, 1.54) is 0 Å². The maximum absolute atomic E-state index is 12.4. The molecule has 8 nitrogen and oxygen atoms in total. The molecule has 0 unspecified atom stereocenters. The number of carbonyl (C=O) groups is 2. The summed E-state index contributed by atoms with van der Waals surface area (Å²) in [6, 6.07) is 6.55. The van der Waals surface area contributed by atoms with Crippen LogP contribution in [0.1, 0.15) is 17.3 Å². The number of benzene rings is 1. The number of nitrogens with one attached hydrogen (secondary N) is 2. The molecule has 0 aromatic heterocycles. The summed E-state index contributed by atoms with van der Waals surface area (Å²) in [5, 5.41) is 5.49. The van der Waals surface area contributed by atoms with E-state index in [-0.39, 0.29) is 30.8 Å². The monoisotopic (exact) mass is 350 g/mol. The minimum atomic E-state index is -0.494. The third-order valence-corrected chi connectivity index (χ3v) is 4.26. The molecule has 4 atom stereocenters. The Labute approximate surface area is 145 Å². The van der Waals surface area contributed by atoms with E-state index in [0.717, 1.165) is 0 Å². The van der Waals surface area contributed by atoms with Crippen molar-refractivity contribution >= 4 is 12.0 Å². The number of rotatable bonds is 5. The summed E-state index contributed by atoms with van der Waals surface area (Å²) in [5.41, 5.74) is 0.525. The minimum Gasteiger partial charge on any atom is -0.497 e. The average molecular weight is 350 g/mol. The van der Waals surface area contributed by atoms with Gasteiger partial charge in [0.2, 0.25) is 0 Å². The third-order valence-electron chi connectivity index (χ3n) is 4.26. The largest absolute Gasteiger partial charge is 0.497 e. The highest BCUT2D eigenvalue weighted by atomic mass is 16.6. The zero-order valence-electron chi connectivity index (χ0n) is 14.2. The van der Waals surface area contributed by atoms with E-state index in [1.807, 2.05) is 6.92 Å². The first-order valence-corrected chi connectivity index (χ1v) is 8.25. The highest BCUT2D eigenvalue weighted by Crippen LogP contribution is 2.29. The van der Waals surface area contributed by atoms with Crippen molar-refractivity contribution in [3.05, 3.63) is 29.8 Å². The zero-order valence-corrected chi connectivity index (χ0v) is 14.2. The van der Waals surface area contributed by atoms with Gasteiger partial charge in [-0.3, -0.25) is 4.79 Å². The molecular weight excluding hydrogens is 328 g/mol. The van der Waals surface area contributed by atoms with Gasteiger partial charge in [-0.15, -0.1) is 0 Å². The van der Waals surface area contributed by atoms with Crippen molar-refractivity contribution < 1.29 is 28.5 Å². The summed E-state index contributed by atoms with van der Waals surface area (Å²) in [6.45, 7) is 2.86. The molecule has 2 heterocycles. The summed E-state index contributed by atoms with van der Waals surface area (Å²) >= 11 is 0. The molecule has 3 rings (SSSR count). The Bertz CT molecular complexity index is 620. The fraction of sp³-hybridized carbons (Fsp3) is 0.529. The van der Waals surface area contributed by atoms with Gasteiger partial charge >= 0.3 is 6.09 Å². The smallest absolute Gasteiger partial charge is 0.407 e. The van der Waals surface area contributed by atoms with E-state index in [1.54, 1.807) is 31.4 Å². The van der Waals surface area contributed by atoms with Crippen LogP contribution in [0.4, 0.5) is 4.79 Å². The maximum Gasteiger partial charge on any atom is 0.407 e. The van der Waals surface area contributed by atoms with Crippen LogP contribution >= 0.6 is 0 Å². The van der Waals surface area contributed by atoms with Crippen molar-refractivity contribution in [1.82, 2.24) is 10.6 Å². The number of hydrogen-bond donors (Lipinski definition) is 2. The van der Waals surface area contributed by atoms with E-state index in [0.29, 0.717) is 24.5 Å². The van der Waals surface area contributed by atoms with Gasteiger partial charge in [0.05, 0.1) is 26.4 Å². The number of fused-ring (bicyclic) bond motifs is 1. The van der Waals surface area contributed by atoms with Crippen LogP contribution in [0.2, 0.25) is 0 Å². The van der Waals surface area contributed by atoms with Gasteiger partial charge in [0.1, 0.15) is 18.0 Å². The lowest BCUT2D eigenvalue weighted by atomic mass is 10.1. The fourth-order valence-electron chi connectivity index (χ4n) is 3.01. The average Bonchev–Trinajstić information content (AvgIpc) is 3.19. The Balaban J connectivity index is 1.56. The summed E-state index contributed by atoms with van der Waals surface area (Å²) in [7, 11) is 1.57. The minimum absolute atomic E-state index is 0.214. The number of ether oxygens (including phenoxy) is 4. The van der Waals surface area contributed by atoms with Crippen LogP contribution in [0.15, 0.2) is 24.3 Å². The summed E-state index contributed by atoms with van der Waals surface area (Å²) < 4.78 is 21.8. The van der Waals surface area contributed by atoms with Crippen molar-refractivity contribution in [2.24, 2.45) is 0 Å². The van der Waals surface area contributed by atoms with Gasteiger partial charge in [-0.25, -0.2) is 4.79 Å². The van der Waals surface area contributed by atoms with Gasteiger partial charge < -0.3 is 29.6 Å². The molecule has 2 saturated heterocycles. The number of amides is 2. The lowest BCUT2D eigenvalue weighted by Gasteiger charge is -2.18. The lowest BCUT2D eigenvalue weighted by Crippen LogP contribution is -2.44. The van der Waals surface area contributed by atoms with Crippen LogP contribution in [0, 0.1) is 0 Å². The lowest BCUT2D eigenvalue weighted by molar-refractivity contribution is 0.00408. The first kappa shape index (κ1) is 17.5. The Kier molecular flexibility index (Phi) is 5.40. The predicted octanol–water partition coefficient (Wildman–Crippen LogP) is 0.706. The highest BCUT2D eigenvalue weighted by Gasteiger charge is 2.50. The van der Waals surface area contributed by atoms with E-state index < -0.39 is 12.2 Å². The van der Waals surface area contributed by atoms with Gasteiger partial charge in [-0.05, 0) is 31.2 Å². The Morgan fingerprint density at radius 3 is 2.56 bits per heavy atom. The van der Waals surface area contributed by atoms with E-state index in [9.17, 15) is 9.59 Å². The first-order chi connectivity index (χ1) is 12.1. The molecule has 1 aromatic carbocycles. The van der Waals surface area contributed by atoms with E-state index in [4.69, 9.17) is 18.9 Å². The normalized spacial score (nSPS) is 27.4. The predicted molar refractivity (Wildman–Crippen MR) is 87.7 cm³/mol. The molecule has 0 bridgehead atoms. The van der Waals surface area contributed by atoms with Gasteiger partial charge in [0.15, 0.2) is 6.10 Å². The summed E-state index contributed by atoms with van der Waals surface area (Å²) in [6.07, 6.45) is -1.67. The molecule has 0 radical (unpaired) electrons. The van der Waals surface area contributed by atoms with Crippen molar-refractivity contribution in [3.8, 4) is 5.75 Å². The van der Waals surface area contributed by atoms with Gasteiger partial charge in [-0.2, -0.15) is 0 Å². The van der Waals surface area contributed by atoms with Crippen molar-refractivity contribution in [1.29, 1.82) is 0 Å². The summed E-state index contributed by atoms with van der Waals surface area (Å²) in [5.74, 6) is 0.471. The molecule has 8 heteroatoms. The van der Waals surface area contributed by atoms with Crippen molar-refractivity contribution in [2.45, 2.75) is 31.3 Å².